The molecular formula is C13H22N2O7. The Hall–Kier alpha value is -2.32. The molecule has 3 N–H and O–H groups in total. The number of carboxylic acids is 1. The zero-order valence-corrected chi connectivity index (χ0v) is 13.3. The van der Waals surface area contributed by atoms with Crippen LogP contribution in [0.3, 0.4) is 0 Å². The summed E-state index contributed by atoms with van der Waals surface area (Å²) < 4.78 is 9.39. The summed E-state index contributed by atoms with van der Waals surface area (Å²) in [6.45, 7) is 6.36. The Morgan fingerprint density at radius 1 is 1.14 bits per heavy atom. The van der Waals surface area contributed by atoms with Crippen LogP contribution < -0.4 is 10.6 Å². The Labute approximate surface area is 128 Å². The van der Waals surface area contributed by atoms with Crippen molar-refractivity contribution in [3.05, 3.63) is 0 Å². The summed E-state index contributed by atoms with van der Waals surface area (Å²) >= 11 is 0. The predicted octanol–water partition coefficient (Wildman–Crippen LogP) is 0.0321. The third-order valence-corrected chi connectivity index (χ3v) is 2.31. The average molecular weight is 318 g/mol. The molecule has 0 aliphatic carbocycles. The summed E-state index contributed by atoms with van der Waals surface area (Å²) in [5, 5.41) is 13.2. The van der Waals surface area contributed by atoms with Crippen molar-refractivity contribution in [3.8, 4) is 0 Å². The minimum Gasteiger partial charge on any atom is -0.481 e. The fourth-order valence-corrected chi connectivity index (χ4v) is 1.36. The van der Waals surface area contributed by atoms with Crippen molar-refractivity contribution in [2.45, 2.75) is 51.8 Å². The van der Waals surface area contributed by atoms with Crippen LogP contribution in [-0.2, 0) is 23.9 Å². The highest BCUT2D eigenvalue weighted by molar-refractivity contribution is 5.91. The lowest BCUT2D eigenvalue weighted by Crippen LogP contribution is -2.51. The molecule has 2 atom stereocenters. The molecule has 1 unspecified atom stereocenters. The summed E-state index contributed by atoms with van der Waals surface area (Å²) in [6, 6.07) is -2.35. The Kier molecular flexibility index (Phi) is 7.34. The number of ether oxygens (including phenoxy) is 2. The second-order valence-electron chi connectivity index (χ2n) is 5.55. The molecule has 0 rings (SSSR count). The number of alkyl carbamates (subject to hydrolysis) is 1. The van der Waals surface area contributed by atoms with Gasteiger partial charge in [-0.25, -0.2) is 9.59 Å². The van der Waals surface area contributed by atoms with Gasteiger partial charge in [0.15, 0.2) is 0 Å². The number of carbonyl (C=O) groups is 4. The number of nitrogens with one attached hydrogen (secondary N) is 2. The Morgan fingerprint density at radius 2 is 1.68 bits per heavy atom. The van der Waals surface area contributed by atoms with E-state index in [2.05, 4.69) is 15.4 Å². The van der Waals surface area contributed by atoms with Crippen molar-refractivity contribution in [2.75, 3.05) is 7.11 Å². The van der Waals surface area contributed by atoms with E-state index in [9.17, 15) is 19.2 Å². The summed E-state index contributed by atoms with van der Waals surface area (Å²) in [4.78, 5) is 45.5. The maximum atomic E-state index is 11.9. The average Bonchev–Trinajstić information content (AvgIpc) is 2.33. The van der Waals surface area contributed by atoms with Crippen molar-refractivity contribution in [1.29, 1.82) is 0 Å². The normalized spacial score (nSPS) is 13.5. The van der Waals surface area contributed by atoms with Gasteiger partial charge in [-0.05, 0) is 27.7 Å². The maximum absolute atomic E-state index is 11.9. The van der Waals surface area contributed by atoms with Gasteiger partial charge >= 0.3 is 18.0 Å². The zero-order chi connectivity index (χ0) is 17.5. The van der Waals surface area contributed by atoms with E-state index in [-0.39, 0.29) is 0 Å². The van der Waals surface area contributed by atoms with Gasteiger partial charge in [-0.1, -0.05) is 0 Å². The fraction of sp³-hybridized carbons (Fsp3) is 0.692. The predicted molar refractivity (Wildman–Crippen MR) is 75.0 cm³/mol. The van der Waals surface area contributed by atoms with Gasteiger partial charge in [-0.2, -0.15) is 0 Å². The number of hydrogen-bond donors (Lipinski definition) is 3. The first-order chi connectivity index (χ1) is 9.96. The lowest BCUT2D eigenvalue weighted by Gasteiger charge is -2.22. The molecule has 0 bridgehead atoms. The SMILES string of the molecule is COC(=O)C(CC(=O)O)NC(=O)[C@H](C)NC(=O)OC(C)(C)C. The molecule has 0 heterocycles. The second kappa shape index (κ2) is 8.20. The van der Waals surface area contributed by atoms with E-state index >= 15 is 0 Å². The number of carboxylic acid groups (broad SMARTS) is 1. The van der Waals surface area contributed by atoms with Crippen LogP contribution in [0.5, 0.6) is 0 Å². The summed E-state index contributed by atoms with van der Waals surface area (Å²) in [5.41, 5.74) is -0.724. The van der Waals surface area contributed by atoms with Gasteiger partial charge in [-0.15, -0.1) is 0 Å². The number of carbonyl (C=O) groups excluding carboxylic acids is 3. The molecule has 0 aromatic heterocycles. The van der Waals surface area contributed by atoms with Crippen molar-refractivity contribution >= 4 is 23.9 Å². The van der Waals surface area contributed by atoms with Crippen LogP contribution in [0.15, 0.2) is 0 Å². The largest absolute Gasteiger partial charge is 0.481 e. The molecule has 0 fully saturated rings. The van der Waals surface area contributed by atoms with Crippen LogP contribution in [0, 0.1) is 0 Å². The number of amides is 2. The van der Waals surface area contributed by atoms with Crippen LogP contribution in [0.25, 0.3) is 0 Å². The van der Waals surface area contributed by atoms with Crippen LogP contribution in [0.4, 0.5) is 4.79 Å². The van der Waals surface area contributed by atoms with Gasteiger partial charge in [-0.3, -0.25) is 9.59 Å². The molecule has 0 saturated heterocycles. The number of hydrogen-bond acceptors (Lipinski definition) is 6. The Morgan fingerprint density at radius 3 is 2.09 bits per heavy atom. The Bertz CT molecular complexity index is 442. The zero-order valence-electron chi connectivity index (χ0n) is 13.3. The maximum Gasteiger partial charge on any atom is 0.408 e. The molecule has 0 radical (unpaired) electrons. The monoisotopic (exact) mass is 318 g/mol. The quantitative estimate of drug-likeness (QED) is 0.589. The first-order valence-corrected chi connectivity index (χ1v) is 6.55. The summed E-state index contributed by atoms with van der Waals surface area (Å²) in [7, 11) is 1.08. The van der Waals surface area contributed by atoms with Crippen LogP contribution in [0.1, 0.15) is 34.1 Å². The van der Waals surface area contributed by atoms with E-state index in [1.807, 2.05) is 0 Å². The number of methoxy groups -OCH3 is 1. The Balaban J connectivity index is 4.63. The van der Waals surface area contributed by atoms with Gasteiger partial charge in [0.25, 0.3) is 0 Å². The third-order valence-electron chi connectivity index (χ3n) is 2.31. The number of esters is 1. The molecule has 9 heteroatoms. The van der Waals surface area contributed by atoms with Crippen molar-refractivity contribution in [2.24, 2.45) is 0 Å². The van der Waals surface area contributed by atoms with E-state index in [0.29, 0.717) is 0 Å². The van der Waals surface area contributed by atoms with Crippen LogP contribution in [0.2, 0.25) is 0 Å². The number of rotatable bonds is 6. The molecule has 9 nitrogen and oxygen atoms in total. The van der Waals surface area contributed by atoms with Crippen LogP contribution in [-0.4, -0.2) is 53.8 Å². The van der Waals surface area contributed by atoms with Gasteiger partial charge < -0.3 is 25.2 Å². The molecular weight excluding hydrogens is 296 g/mol. The highest BCUT2D eigenvalue weighted by Gasteiger charge is 2.27. The van der Waals surface area contributed by atoms with E-state index in [1.54, 1.807) is 20.8 Å². The van der Waals surface area contributed by atoms with Crippen LogP contribution >= 0.6 is 0 Å². The summed E-state index contributed by atoms with van der Waals surface area (Å²) in [5.74, 6) is -2.90. The lowest BCUT2D eigenvalue weighted by atomic mass is 10.2. The van der Waals surface area contributed by atoms with E-state index < -0.39 is 48.0 Å². The smallest absolute Gasteiger partial charge is 0.408 e. The van der Waals surface area contributed by atoms with E-state index in [1.165, 1.54) is 6.92 Å². The molecule has 0 aliphatic heterocycles. The van der Waals surface area contributed by atoms with Gasteiger partial charge in [0.1, 0.15) is 17.7 Å². The molecule has 126 valence electrons. The lowest BCUT2D eigenvalue weighted by molar-refractivity contribution is -0.149. The summed E-state index contributed by atoms with van der Waals surface area (Å²) in [6.07, 6.45) is -1.43. The first kappa shape index (κ1) is 19.7. The molecule has 22 heavy (non-hydrogen) atoms. The fourth-order valence-electron chi connectivity index (χ4n) is 1.36. The molecule has 0 spiro atoms. The highest BCUT2D eigenvalue weighted by atomic mass is 16.6. The molecule has 2 amide bonds. The minimum absolute atomic E-state index is 0.627. The molecule has 0 saturated carbocycles. The molecule has 0 aromatic carbocycles. The molecule has 0 aromatic rings. The van der Waals surface area contributed by atoms with Gasteiger partial charge in [0.05, 0.1) is 13.5 Å². The first-order valence-electron chi connectivity index (χ1n) is 6.55. The standard InChI is InChI=1S/C13H22N2O7/c1-7(14-12(20)22-13(2,3)4)10(18)15-8(6-9(16)17)11(19)21-5/h7-8H,6H2,1-5H3,(H,14,20)(H,15,18)(H,16,17)/t7-,8?/m0/s1. The third kappa shape index (κ3) is 8.08. The minimum atomic E-state index is -1.34. The topological polar surface area (TPSA) is 131 Å². The highest BCUT2D eigenvalue weighted by Crippen LogP contribution is 2.06. The van der Waals surface area contributed by atoms with E-state index in [4.69, 9.17) is 9.84 Å². The van der Waals surface area contributed by atoms with Gasteiger partial charge in [0, 0.05) is 0 Å². The van der Waals surface area contributed by atoms with Crippen molar-refractivity contribution in [3.63, 3.8) is 0 Å². The second-order valence-corrected chi connectivity index (χ2v) is 5.55. The van der Waals surface area contributed by atoms with Gasteiger partial charge in [0.2, 0.25) is 5.91 Å². The van der Waals surface area contributed by atoms with Crippen molar-refractivity contribution in [1.82, 2.24) is 10.6 Å². The molecule has 0 aliphatic rings. The van der Waals surface area contributed by atoms with Crippen molar-refractivity contribution < 1.29 is 33.8 Å². The number of aliphatic carboxylic acids is 1. The van der Waals surface area contributed by atoms with E-state index in [0.717, 1.165) is 7.11 Å².